The molecule has 1 aromatic heterocycles. The smallest absolute Gasteiger partial charge is 0.162 e. The van der Waals surface area contributed by atoms with Crippen molar-refractivity contribution in [2.45, 2.75) is 6.42 Å². The predicted octanol–water partition coefficient (Wildman–Crippen LogP) is 3.10. The third-order valence-electron chi connectivity index (χ3n) is 3.01. The Hall–Kier alpha value is -2.80. The van der Waals surface area contributed by atoms with Gasteiger partial charge in [0, 0.05) is 17.7 Å². The van der Waals surface area contributed by atoms with Gasteiger partial charge in [0.2, 0.25) is 0 Å². The molecule has 3 aromatic rings. The van der Waals surface area contributed by atoms with Crippen molar-refractivity contribution >= 4 is 23.5 Å². The van der Waals surface area contributed by atoms with Crippen LogP contribution in [0, 0.1) is 5.82 Å². The lowest BCUT2D eigenvalue weighted by atomic mass is 10.3. The van der Waals surface area contributed by atoms with Crippen LogP contribution in [-0.2, 0) is 6.42 Å². The van der Waals surface area contributed by atoms with Crippen molar-refractivity contribution in [2.24, 2.45) is 5.10 Å². The average Bonchev–Trinajstić information content (AvgIpc) is 3.02. The van der Waals surface area contributed by atoms with Gasteiger partial charge in [0.05, 0.1) is 11.4 Å². The number of halogens is 2. The highest BCUT2D eigenvalue weighted by atomic mass is 35.5. The number of anilines is 1. The first-order chi connectivity index (χ1) is 11.2. The lowest BCUT2D eigenvalue weighted by molar-refractivity contribution is 0.628. The highest BCUT2D eigenvalue weighted by Crippen LogP contribution is 2.13. The second-order valence-electron chi connectivity index (χ2n) is 4.62. The molecule has 0 fully saturated rings. The summed E-state index contributed by atoms with van der Waals surface area (Å²) in [5.41, 5.74) is 4.32. The van der Waals surface area contributed by atoms with Gasteiger partial charge in [-0.2, -0.15) is 9.78 Å². The Bertz CT molecular complexity index is 798. The maximum atomic E-state index is 12.8. The minimum atomic E-state index is -0.290. The summed E-state index contributed by atoms with van der Waals surface area (Å²) in [6.45, 7) is 0. The van der Waals surface area contributed by atoms with Crippen LogP contribution in [0.4, 0.5) is 10.1 Å². The first-order valence-electron chi connectivity index (χ1n) is 6.79. The van der Waals surface area contributed by atoms with Crippen molar-refractivity contribution in [3.05, 3.63) is 65.2 Å². The Kier molecular flexibility index (Phi) is 4.58. The molecule has 0 amide bonds. The van der Waals surface area contributed by atoms with Crippen LogP contribution in [0.2, 0.25) is 5.02 Å². The van der Waals surface area contributed by atoms with Crippen LogP contribution in [0.3, 0.4) is 0 Å². The monoisotopic (exact) mass is 330 g/mol. The van der Waals surface area contributed by atoms with Crippen LogP contribution >= 0.6 is 11.6 Å². The van der Waals surface area contributed by atoms with E-state index in [0.29, 0.717) is 23.0 Å². The summed E-state index contributed by atoms with van der Waals surface area (Å²) in [6.07, 6.45) is 2.07. The van der Waals surface area contributed by atoms with Gasteiger partial charge in [-0.3, -0.25) is 5.43 Å². The van der Waals surface area contributed by atoms with Crippen LogP contribution in [0.25, 0.3) is 5.69 Å². The van der Waals surface area contributed by atoms with Gasteiger partial charge in [-0.15, -0.1) is 5.10 Å². The SMILES string of the molecule is Fc1ccc(N/N=C\Cc2nnnn2-c2ccc(Cl)cc2)cc1. The molecule has 0 saturated carbocycles. The Labute approximate surface area is 136 Å². The van der Waals surface area contributed by atoms with Gasteiger partial charge in [-0.1, -0.05) is 11.6 Å². The third-order valence-corrected chi connectivity index (χ3v) is 3.26. The van der Waals surface area contributed by atoms with E-state index in [9.17, 15) is 4.39 Å². The molecule has 0 aliphatic rings. The molecule has 0 aliphatic carbocycles. The average molecular weight is 331 g/mol. The molecule has 8 heteroatoms. The first kappa shape index (κ1) is 15.1. The van der Waals surface area contributed by atoms with Crippen LogP contribution in [0.1, 0.15) is 5.82 Å². The summed E-state index contributed by atoms with van der Waals surface area (Å²) in [4.78, 5) is 0. The molecule has 0 bridgehead atoms. The van der Waals surface area contributed by atoms with E-state index in [4.69, 9.17) is 11.6 Å². The number of tetrazole rings is 1. The van der Waals surface area contributed by atoms with Gasteiger partial charge in [0.1, 0.15) is 5.82 Å². The van der Waals surface area contributed by atoms with Crippen molar-refractivity contribution in [2.75, 3.05) is 5.43 Å². The van der Waals surface area contributed by atoms with Crippen LogP contribution in [0.5, 0.6) is 0 Å². The van der Waals surface area contributed by atoms with Crippen molar-refractivity contribution in [1.29, 1.82) is 0 Å². The lowest BCUT2D eigenvalue weighted by Gasteiger charge is -2.03. The maximum absolute atomic E-state index is 12.8. The lowest BCUT2D eigenvalue weighted by Crippen LogP contribution is -2.04. The third kappa shape index (κ3) is 3.89. The molecule has 0 radical (unpaired) electrons. The van der Waals surface area contributed by atoms with Crippen molar-refractivity contribution in [3.63, 3.8) is 0 Å². The number of hydrogen-bond acceptors (Lipinski definition) is 5. The summed E-state index contributed by atoms with van der Waals surface area (Å²) in [5.74, 6) is 0.346. The second kappa shape index (κ2) is 6.97. The molecule has 0 saturated heterocycles. The number of benzene rings is 2. The number of nitrogens with one attached hydrogen (secondary N) is 1. The van der Waals surface area contributed by atoms with E-state index in [1.807, 2.05) is 12.1 Å². The van der Waals surface area contributed by atoms with Crippen LogP contribution < -0.4 is 5.43 Å². The molecule has 2 aromatic carbocycles. The molecule has 0 aliphatic heterocycles. The van der Waals surface area contributed by atoms with Gasteiger partial charge in [0.25, 0.3) is 0 Å². The summed E-state index contributed by atoms with van der Waals surface area (Å²) < 4.78 is 14.4. The molecule has 23 heavy (non-hydrogen) atoms. The zero-order valence-electron chi connectivity index (χ0n) is 11.9. The minimum Gasteiger partial charge on any atom is -0.279 e. The van der Waals surface area contributed by atoms with Gasteiger partial charge in [0.15, 0.2) is 5.82 Å². The molecular formula is C15H12ClFN6. The number of hydrogen-bond donors (Lipinski definition) is 1. The quantitative estimate of drug-likeness (QED) is 0.576. The topological polar surface area (TPSA) is 68.0 Å². The van der Waals surface area contributed by atoms with Gasteiger partial charge in [-0.05, 0) is 59.0 Å². The molecule has 1 N–H and O–H groups in total. The van der Waals surface area contributed by atoms with Crippen molar-refractivity contribution < 1.29 is 4.39 Å². The Morgan fingerprint density at radius 3 is 2.61 bits per heavy atom. The summed E-state index contributed by atoms with van der Waals surface area (Å²) >= 11 is 5.87. The van der Waals surface area contributed by atoms with Crippen molar-refractivity contribution in [1.82, 2.24) is 20.2 Å². The highest BCUT2D eigenvalue weighted by molar-refractivity contribution is 6.30. The van der Waals surface area contributed by atoms with Crippen LogP contribution in [0.15, 0.2) is 53.6 Å². The van der Waals surface area contributed by atoms with E-state index in [1.54, 1.807) is 35.2 Å². The number of hydrazone groups is 1. The Morgan fingerprint density at radius 2 is 1.87 bits per heavy atom. The summed E-state index contributed by atoms with van der Waals surface area (Å²) in [7, 11) is 0. The van der Waals surface area contributed by atoms with E-state index in [0.717, 1.165) is 5.69 Å². The molecule has 6 nitrogen and oxygen atoms in total. The van der Waals surface area contributed by atoms with Gasteiger partial charge < -0.3 is 0 Å². The summed E-state index contributed by atoms with van der Waals surface area (Å²) in [6, 6.07) is 13.1. The normalized spacial score (nSPS) is 11.0. The first-order valence-corrected chi connectivity index (χ1v) is 7.16. The molecule has 3 rings (SSSR count). The molecule has 0 atom stereocenters. The van der Waals surface area contributed by atoms with Gasteiger partial charge in [-0.25, -0.2) is 4.39 Å². The van der Waals surface area contributed by atoms with Gasteiger partial charge >= 0.3 is 0 Å². The fourth-order valence-corrected chi connectivity index (χ4v) is 2.01. The van der Waals surface area contributed by atoms with E-state index < -0.39 is 0 Å². The van der Waals surface area contributed by atoms with Crippen molar-refractivity contribution in [3.8, 4) is 5.69 Å². The Balaban J connectivity index is 1.65. The van der Waals surface area contributed by atoms with E-state index in [1.165, 1.54) is 12.1 Å². The fourth-order valence-electron chi connectivity index (χ4n) is 1.89. The number of aromatic nitrogens is 4. The predicted molar refractivity (Wildman–Crippen MR) is 86.4 cm³/mol. The van der Waals surface area contributed by atoms with E-state index >= 15 is 0 Å². The Morgan fingerprint density at radius 1 is 1.13 bits per heavy atom. The standard InChI is InChI=1S/C15H12ClFN6/c16-11-1-7-14(8-2-11)23-15(20-21-22-23)9-10-18-19-13-5-3-12(17)4-6-13/h1-8,10,19H,9H2/b18-10-. The molecule has 116 valence electrons. The zero-order chi connectivity index (χ0) is 16.1. The fraction of sp³-hybridized carbons (Fsp3) is 0.0667. The molecule has 0 unspecified atom stereocenters. The van der Waals surface area contributed by atoms with E-state index in [-0.39, 0.29) is 5.82 Å². The number of nitrogens with zero attached hydrogens (tertiary/aromatic N) is 5. The maximum Gasteiger partial charge on any atom is 0.162 e. The minimum absolute atomic E-state index is 0.290. The molecular weight excluding hydrogens is 319 g/mol. The second-order valence-corrected chi connectivity index (χ2v) is 5.05. The highest BCUT2D eigenvalue weighted by Gasteiger charge is 2.06. The summed E-state index contributed by atoms with van der Waals surface area (Å²) in [5, 5.41) is 16.3. The van der Waals surface area contributed by atoms with E-state index in [2.05, 4.69) is 26.1 Å². The zero-order valence-corrected chi connectivity index (χ0v) is 12.7. The largest absolute Gasteiger partial charge is 0.279 e. The molecule has 1 heterocycles. The molecule has 0 spiro atoms. The van der Waals surface area contributed by atoms with Crippen LogP contribution in [-0.4, -0.2) is 26.4 Å². The number of rotatable bonds is 5.